The Balaban J connectivity index is 1.71. The van der Waals surface area contributed by atoms with Crippen LogP contribution in [0, 0.1) is 11.3 Å². The highest BCUT2D eigenvalue weighted by Crippen LogP contribution is 2.21. The quantitative estimate of drug-likeness (QED) is 0.459. The smallest absolute Gasteiger partial charge is 0.267 e. The Morgan fingerprint density at radius 3 is 2.70 bits per heavy atom. The van der Waals surface area contributed by atoms with Crippen molar-refractivity contribution in [3.63, 3.8) is 0 Å². The van der Waals surface area contributed by atoms with Crippen molar-refractivity contribution < 1.29 is 14.3 Å². The second-order valence-electron chi connectivity index (χ2n) is 7.26. The Kier molecular flexibility index (Phi) is 6.66. The van der Waals surface area contributed by atoms with Gasteiger partial charge in [-0.3, -0.25) is 14.0 Å². The Labute approximate surface area is 190 Å². The van der Waals surface area contributed by atoms with Gasteiger partial charge in [0.05, 0.1) is 25.4 Å². The molecule has 3 aromatic rings. The van der Waals surface area contributed by atoms with E-state index >= 15 is 0 Å². The standard InChI is InChI=1S/C24H23N5O4/c1-2-33-19-8-6-18(7-9-19)26-23(30)17(16-25)15-20-22(28-11-13-32-14-12-28)27-21-5-3-4-10-29(21)24(20)31/h3-10,15H,2,11-14H2,1H3,(H,26,30). The van der Waals surface area contributed by atoms with Gasteiger partial charge < -0.3 is 19.7 Å². The van der Waals surface area contributed by atoms with Crippen molar-refractivity contribution in [3.8, 4) is 11.8 Å². The molecule has 3 heterocycles. The summed E-state index contributed by atoms with van der Waals surface area (Å²) in [5.74, 6) is 0.486. The van der Waals surface area contributed by atoms with E-state index in [1.54, 1.807) is 48.7 Å². The van der Waals surface area contributed by atoms with Crippen LogP contribution in [0.1, 0.15) is 12.5 Å². The fourth-order valence-electron chi connectivity index (χ4n) is 3.53. The molecule has 1 fully saturated rings. The molecule has 0 radical (unpaired) electrons. The second kappa shape index (κ2) is 9.97. The first-order chi connectivity index (χ1) is 16.1. The third-order valence-corrected chi connectivity index (χ3v) is 5.14. The normalized spacial score (nSPS) is 14.1. The molecule has 0 atom stereocenters. The molecule has 0 saturated carbocycles. The maximum atomic E-state index is 13.3. The molecule has 1 N–H and O–H groups in total. The molecule has 33 heavy (non-hydrogen) atoms. The zero-order chi connectivity index (χ0) is 23.2. The number of hydrogen-bond donors (Lipinski definition) is 1. The van der Waals surface area contributed by atoms with E-state index in [0.29, 0.717) is 55.8 Å². The predicted molar refractivity (Wildman–Crippen MR) is 124 cm³/mol. The number of amides is 1. The Hall–Kier alpha value is -4.16. The Morgan fingerprint density at radius 2 is 2.00 bits per heavy atom. The maximum absolute atomic E-state index is 13.3. The van der Waals surface area contributed by atoms with Crippen LogP contribution in [0.15, 0.2) is 59.0 Å². The van der Waals surface area contributed by atoms with Crippen molar-refractivity contribution in [2.45, 2.75) is 6.92 Å². The molecule has 1 aliphatic heterocycles. The SMILES string of the molecule is CCOc1ccc(NC(=O)C(C#N)=Cc2c(N3CCOCC3)nc3ccccn3c2=O)cc1. The van der Waals surface area contributed by atoms with E-state index in [2.05, 4.69) is 10.3 Å². The van der Waals surface area contributed by atoms with E-state index in [1.807, 2.05) is 17.9 Å². The van der Waals surface area contributed by atoms with E-state index in [-0.39, 0.29) is 16.7 Å². The third-order valence-electron chi connectivity index (χ3n) is 5.14. The van der Waals surface area contributed by atoms with Crippen LogP contribution in [0.25, 0.3) is 11.7 Å². The van der Waals surface area contributed by atoms with Gasteiger partial charge in [-0.15, -0.1) is 0 Å². The number of fused-ring (bicyclic) bond motifs is 1. The minimum Gasteiger partial charge on any atom is -0.494 e. The van der Waals surface area contributed by atoms with Crippen molar-refractivity contribution in [3.05, 3.63) is 70.2 Å². The van der Waals surface area contributed by atoms with Crippen molar-refractivity contribution in [2.24, 2.45) is 0 Å². The molecule has 1 aromatic carbocycles. The lowest BCUT2D eigenvalue weighted by Gasteiger charge is -2.29. The second-order valence-corrected chi connectivity index (χ2v) is 7.26. The van der Waals surface area contributed by atoms with Gasteiger partial charge in [0.1, 0.15) is 28.9 Å². The molecule has 1 saturated heterocycles. The first kappa shape index (κ1) is 22.0. The van der Waals surface area contributed by atoms with Gasteiger partial charge in [0, 0.05) is 25.0 Å². The minimum atomic E-state index is -0.618. The molecule has 0 unspecified atom stereocenters. The number of aromatic nitrogens is 2. The lowest BCUT2D eigenvalue weighted by atomic mass is 10.1. The number of nitrogens with one attached hydrogen (secondary N) is 1. The molecular formula is C24H23N5O4. The number of nitriles is 1. The number of ether oxygens (including phenoxy) is 2. The highest BCUT2D eigenvalue weighted by molar-refractivity contribution is 6.10. The first-order valence-electron chi connectivity index (χ1n) is 10.6. The Morgan fingerprint density at radius 1 is 1.24 bits per heavy atom. The summed E-state index contributed by atoms with van der Waals surface area (Å²) < 4.78 is 12.2. The van der Waals surface area contributed by atoms with Crippen LogP contribution in [0.3, 0.4) is 0 Å². The average molecular weight is 445 g/mol. The van der Waals surface area contributed by atoms with Crippen LogP contribution in [0.2, 0.25) is 0 Å². The van der Waals surface area contributed by atoms with Gasteiger partial charge in [-0.05, 0) is 49.4 Å². The monoisotopic (exact) mass is 445 g/mol. The number of benzene rings is 1. The number of carbonyl (C=O) groups is 1. The highest BCUT2D eigenvalue weighted by Gasteiger charge is 2.21. The zero-order valence-corrected chi connectivity index (χ0v) is 18.2. The van der Waals surface area contributed by atoms with Gasteiger partial charge in [0.25, 0.3) is 11.5 Å². The summed E-state index contributed by atoms with van der Waals surface area (Å²) in [4.78, 5) is 32.7. The molecular weight excluding hydrogens is 422 g/mol. The van der Waals surface area contributed by atoms with Crippen molar-refractivity contribution in [1.82, 2.24) is 9.38 Å². The summed E-state index contributed by atoms with van der Waals surface area (Å²) >= 11 is 0. The van der Waals surface area contributed by atoms with Gasteiger partial charge in [0.15, 0.2) is 0 Å². The van der Waals surface area contributed by atoms with Crippen LogP contribution < -0.4 is 20.5 Å². The predicted octanol–water partition coefficient (Wildman–Crippen LogP) is 2.48. The molecule has 168 valence electrons. The van der Waals surface area contributed by atoms with Crippen molar-refractivity contribution in [1.29, 1.82) is 5.26 Å². The molecule has 0 spiro atoms. The van der Waals surface area contributed by atoms with Gasteiger partial charge in [-0.1, -0.05) is 6.07 Å². The minimum absolute atomic E-state index is 0.180. The lowest BCUT2D eigenvalue weighted by Crippen LogP contribution is -2.38. The van der Waals surface area contributed by atoms with Crippen LogP contribution in [0.4, 0.5) is 11.5 Å². The fraction of sp³-hybridized carbons (Fsp3) is 0.250. The number of anilines is 2. The van der Waals surface area contributed by atoms with E-state index in [1.165, 1.54) is 10.5 Å². The molecule has 9 nitrogen and oxygen atoms in total. The molecule has 2 aromatic heterocycles. The summed E-state index contributed by atoms with van der Waals surface area (Å²) in [5.41, 5.74) is 0.612. The molecule has 4 rings (SSSR count). The number of rotatable bonds is 6. The van der Waals surface area contributed by atoms with Crippen LogP contribution in [-0.2, 0) is 9.53 Å². The highest BCUT2D eigenvalue weighted by atomic mass is 16.5. The van der Waals surface area contributed by atoms with Gasteiger partial charge in [-0.25, -0.2) is 4.98 Å². The number of pyridine rings is 1. The largest absolute Gasteiger partial charge is 0.494 e. The fourth-order valence-corrected chi connectivity index (χ4v) is 3.53. The topological polar surface area (TPSA) is 109 Å². The van der Waals surface area contributed by atoms with Gasteiger partial charge in [0.2, 0.25) is 0 Å². The summed E-state index contributed by atoms with van der Waals surface area (Å²) in [6.45, 7) is 4.53. The summed E-state index contributed by atoms with van der Waals surface area (Å²) in [6.07, 6.45) is 2.92. The van der Waals surface area contributed by atoms with E-state index in [9.17, 15) is 14.9 Å². The van der Waals surface area contributed by atoms with Crippen LogP contribution in [0.5, 0.6) is 5.75 Å². The van der Waals surface area contributed by atoms with Crippen molar-refractivity contribution >= 4 is 29.1 Å². The lowest BCUT2D eigenvalue weighted by molar-refractivity contribution is -0.112. The number of nitrogens with zero attached hydrogens (tertiary/aromatic N) is 4. The van der Waals surface area contributed by atoms with E-state index < -0.39 is 5.91 Å². The molecule has 0 bridgehead atoms. The number of morpholine rings is 1. The number of hydrogen-bond acceptors (Lipinski definition) is 7. The zero-order valence-electron chi connectivity index (χ0n) is 18.2. The first-order valence-corrected chi connectivity index (χ1v) is 10.6. The van der Waals surface area contributed by atoms with Gasteiger partial charge in [-0.2, -0.15) is 5.26 Å². The van der Waals surface area contributed by atoms with Gasteiger partial charge >= 0.3 is 0 Å². The summed E-state index contributed by atoms with van der Waals surface area (Å²) in [7, 11) is 0. The summed E-state index contributed by atoms with van der Waals surface area (Å²) in [6, 6.07) is 14.0. The third kappa shape index (κ3) is 4.86. The van der Waals surface area contributed by atoms with Crippen molar-refractivity contribution in [2.75, 3.05) is 43.1 Å². The average Bonchev–Trinajstić information content (AvgIpc) is 2.85. The van der Waals surface area contributed by atoms with Crippen LogP contribution >= 0.6 is 0 Å². The maximum Gasteiger partial charge on any atom is 0.267 e. The summed E-state index contributed by atoms with van der Waals surface area (Å²) in [5, 5.41) is 12.4. The molecule has 9 heteroatoms. The Bertz CT molecular complexity index is 1280. The van der Waals surface area contributed by atoms with E-state index in [4.69, 9.17) is 9.47 Å². The van der Waals surface area contributed by atoms with Crippen LogP contribution in [-0.4, -0.2) is 48.2 Å². The molecule has 1 amide bonds. The van der Waals surface area contributed by atoms with E-state index in [0.717, 1.165) is 0 Å². The molecule has 0 aliphatic carbocycles. The molecule has 1 aliphatic rings. The number of carbonyl (C=O) groups excluding carboxylic acids is 1.